The van der Waals surface area contributed by atoms with Crippen molar-refractivity contribution in [1.82, 2.24) is 0 Å². The quantitative estimate of drug-likeness (QED) is 0.857. The Balaban J connectivity index is 2.00. The molecule has 0 aliphatic carbocycles. The number of rotatable bonds is 5. The van der Waals surface area contributed by atoms with Crippen LogP contribution in [0.4, 0.5) is 5.69 Å². The number of benzene rings is 2. The third-order valence-electron chi connectivity index (χ3n) is 3.54. The van der Waals surface area contributed by atoms with Crippen LogP contribution in [0, 0.1) is 13.8 Å². The van der Waals surface area contributed by atoms with E-state index < -0.39 is 0 Å². The van der Waals surface area contributed by atoms with Crippen LogP contribution in [-0.2, 0) is 16.0 Å². The first-order valence-electron chi connectivity index (χ1n) is 7.62. The van der Waals surface area contributed by atoms with E-state index in [1.165, 1.54) is 0 Å². The average Bonchev–Trinajstić information content (AvgIpc) is 2.52. The lowest BCUT2D eigenvalue weighted by Gasteiger charge is -2.09. The SMILES string of the molecule is CCOC(=O)c1ccc(NC(=O)Cc2cc(C)ccc2C)cc1. The Hall–Kier alpha value is -2.62. The molecule has 2 rings (SSSR count). The maximum atomic E-state index is 12.2. The number of hydrogen-bond donors (Lipinski definition) is 1. The smallest absolute Gasteiger partial charge is 0.338 e. The van der Waals surface area contributed by atoms with Gasteiger partial charge in [0.2, 0.25) is 5.91 Å². The Morgan fingerprint density at radius 1 is 1.04 bits per heavy atom. The second kappa shape index (κ2) is 7.58. The Labute approximate surface area is 136 Å². The lowest BCUT2D eigenvalue weighted by molar-refractivity contribution is -0.115. The molecule has 2 aromatic rings. The van der Waals surface area contributed by atoms with Gasteiger partial charge in [0.1, 0.15) is 0 Å². The highest BCUT2D eigenvalue weighted by Crippen LogP contribution is 2.14. The molecule has 1 amide bonds. The van der Waals surface area contributed by atoms with Gasteiger partial charge in [0.05, 0.1) is 18.6 Å². The molecule has 4 heteroatoms. The van der Waals surface area contributed by atoms with Gasteiger partial charge in [0.15, 0.2) is 0 Å². The summed E-state index contributed by atoms with van der Waals surface area (Å²) < 4.78 is 4.93. The normalized spacial score (nSPS) is 10.2. The van der Waals surface area contributed by atoms with Gasteiger partial charge in [-0.3, -0.25) is 4.79 Å². The monoisotopic (exact) mass is 311 g/mol. The van der Waals surface area contributed by atoms with Gasteiger partial charge in [0.25, 0.3) is 0 Å². The van der Waals surface area contributed by atoms with Crippen LogP contribution >= 0.6 is 0 Å². The van der Waals surface area contributed by atoms with E-state index in [0.29, 0.717) is 24.3 Å². The first-order valence-corrected chi connectivity index (χ1v) is 7.62. The standard InChI is InChI=1S/C19H21NO3/c1-4-23-19(22)15-7-9-17(10-8-15)20-18(21)12-16-11-13(2)5-6-14(16)3/h5-11H,4,12H2,1-3H3,(H,20,21). The number of amides is 1. The van der Waals surface area contributed by atoms with Crippen molar-refractivity contribution in [2.24, 2.45) is 0 Å². The summed E-state index contributed by atoms with van der Waals surface area (Å²) in [5.41, 5.74) is 4.39. The lowest BCUT2D eigenvalue weighted by atomic mass is 10.0. The second-order valence-corrected chi connectivity index (χ2v) is 5.45. The third-order valence-corrected chi connectivity index (χ3v) is 3.54. The lowest BCUT2D eigenvalue weighted by Crippen LogP contribution is -2.15. The fraction of sp³-hybridized carbons (Fsp3) is 0.263. The molecule has 120 valence electrons. The molecule has 1 N–H and O–H groups in total. The predicted octanol–water partition coefficient (Wildman–Crippen LogP) is 3.66. The number of anilines is 1. The van der Waals surface area contributed by atoms with Gasteiger partial charge < -0.3 is 10.1 Å². The number of ether oxygens (including phenoxy) is 1. The highest BCUT2D eigenvalue weighted by atomic mass is 16.5. The first-order chi connectivity index (χ1) is 11.0. The highest BCUT2D eigenvalue weighted by molar-refractivity contribution is 5.94. The van der Waals surface area contributed by atoms with Gasteiger partial charge in [-0.1, -0.05) is 23.8 Å². The second-order valence-electron chi connectivity index (χ2n) is 5.45. The number of carbonyl (C=O) groups excluding carboxylic acids is 2. The maximum Gasteiger partial charge on any atom is 0.338 e. The maximum absolute atomic E-state index is 12.2. The van der Waals surface area contributed by atoms with Crippen molar-refractivity contribution in [3.63, 3.8) is 0 Å². The predicted molar refractivity (Wildman–Crippen MR) is 90.6 cm³/mol. The van der Waals surface area contributed by atoms with Crippen LogP contribution in [0.2, 0.25) is 0 Å². The molecule has 2 aromatic carbocycles. The highest BCUT2D eigenvalue weighted by Gasteiger charge is 2.09. The summed E-state index contributed by atoms with van der Waals surface area (Å²) in [6.07, 6.45) is 0.327. The van der Waals surface area contributed by atoms with Crippen LogP contribution in [-0.4, -0.2) is 18.5 Å². The topological polar surface area (TPSA) is 55.4 Å². The zero-order valence-corrected chi connectivity index (χ0v) is 13.7. The van der Waals surface area contributed by atoms with Crippen molar-refractivity contribution in [2.75, 3.05) is 11.9 Å². The molecule has 0 spiro atoms. The number of hydrogen-bond acceptors (Lipinski definition) is 3. The molecule has 23 heavy (non-hydrogen) atoms. The van der Waals surface area contributed by atoms with Crippen LogP contribution in [0.3, 0.4) is 0 Å². The fourth-order valence-corrected chi connectivity index (χ4v) is 2.27. The van der Waals surface area contributed by atoms with Gasteiger partial charge in [-0.2, -0.15) is 0 Å². The Kier molecular flexibility index (Phi) is 5.52. The minimum atomic E-state index is -0.360. The largest absolute Gasteiger partial charge is 0.462 e. The van der Waals surface area contributed by atoms with Crippen molar-refractivity contribution in [3.8, 4) is 0 Å². The van der Waals surface area contributed by atoms with Gasteiger partial charge in [-0.15, -0.1) is 0 Å². The van der Waals surface area contributed by atoms with Gasteiger partial charge >= 0.3 is 5.97 Å². The van der Waals surface area contributed by atoms with Crippen molar-refractivity contribution in [3.05, 3.63) is 64.7 Å². The van der Waals surface area contributed by atoms with E-state index in [-0.39, 0.29) is 11.9 Å². The van der Waals surface area contributed by atoms with E-state index in [0.717, 1.165) is 16.7 Å². The van der Waals surface area contributed by atoms with Crippen molar-refractivity contribution < 1.29 is 14.3 Å². The summed E-state index contributed by atoms with van der Waals surface area (Å²) >= 11 is 0. The van der Waals surface area contributed by atoms with Crippen LogP contribution < -0.4 is 5.32 Å². The molecule has 0 atom stereocenters. The summed E-state index contributed by atoms with van der Waals surface area (Å²) in [6.45, 7) is 6.11. The molecule has 0 radical (unpaired) electrons. The van der Waals surface area contributed by atoms with Gasteiger partial charge in [-0.05, 0) is 56.2 Å². The molecule has 0 saturated heterocycles. The average molecular weight is 311 g/mol. The molecule has 0 aromatic heterocycles. The minimum Gasteiger partial charge on any atom is -0.462 e. The van der Waals surface area contributed by atoms with Crippen LogP contribution in [0.25, 0.3) is 0 Å². The summed E-state index contributed by atoms with van der Waals surface area (Å²) in [5.74, 6) is -0.441. The number of aryl methyl sites for hydroxylation is 2. The van der Waals surface area contributed by atoms with E-state index >= 15 is 0 Å². The van der Waals surface area contributed by atoms with E-state index in [1.807, 2.05) is 32.0 Å². The molecule has 0 unspecified atom stereocenters. The van der Waals surface area contributed by atoms with Crippen molar-refractivity contribution in [1.29, 1.82) is 0 Å². The fourth-order valence-electron chi connectivity index (χ4n) is 2.27. The third kappa shape index (κ3) is 4.68. The molecule has 0 aliphatic rings. The molecule has 0 bridgehead atoms. The molecule has 0 fully saturated rings. The van der Waals surface area contributed by atoms with Crippen molar-refractivity contribution in [2.45, 2.75) is 27.2 Å². The summed E-state index contributed by atoms with van der Waals surface area (Å²) in [6, 6.07) is 12.8. The van der Waals surface area contributed by atoms with Gasteiger partial charge in [0, 0.05) is 5.69 Å². The van der Waals surface area contributed by atoms with Crippen LogP contribution in [0.1, 0.15) is 34.0 Å². The van der Waals surface area contributed by atoms with Gasteiger partial charge in [-0.25, -0.2) is 4.79 Å². The molecule has 0 saturated carbocycles. The molecular formula is C19H21NO3. The Morgan fingerprint density at radius 2 is 1.74 bits per heavy atom. The zero-order chi connectivity index (χ0) is 16.8. The summed E-state index contributed by atoms with van der Waals surface area (Å²) in [4.78, 5) is 23.7. The first kappa shape index (κ1) is 16.7. The molecule has 0 heterocycles. The van der Waals surface area contributed by atoms with E-state index in [4.69, 9.17) is 4.74 Å². The number of nitrogens with one attached hydrogen (secondary N) is 1. The van der Waals surface area contributed by atoms with Crippen LogP contribution in [0.5, 0.6) is 0 Å². The van der Waals surface area contributed by atoms with E-state index in [9.17, 15) is 9.59 Å². The summed E-state index contributed by atoms with van der Waals surface area (Å²) in [5, 5.41) is 2.84. The molecular weight excluding hydrogens is 290 g/mol. The van der Waals surface area contributed by atoms with E-state index in [2.05, 4.69) is 5.32 Å². The van der Waals surface area contributed by atoms with Crippen molar-refractivity contribution >= 4 is 17.6 Å². The molecule has 4 nitrogen and oxygen atoms in total. The number of carbonyl (C=O) groups is 2. The number of esters is 1. The summed E-state index contributed by atoms with van der Waals surface area (Å²) in [7, 11) is 0. The Morgan fingerprint density at radius 3 is 2.39 bits per heavy atom. The minimum absolute atomic E-state index is 0.0809. The van der Waals surface area contributed by atoms with E-state index in [1.54, 1.807) is 31.2 Å². The molecule has 0 aliphatic heterocycles. The zero-order valence-electron chi connectivity index (χ0n) is 13.7. The Bertz CT molecular complexity index is 705. The van der Waals surface area contributed by atoms with Crippen LogP contribution in [0.15, 0.2) is 42.5 Å².